The highest BCUT2D eigenvalue weighted by atomic mass is 32.2. The fourth-order valence-electron chi connectivity index (χ4n) is 3.54. The molecule has 0 aliphatic carbocycles. The zero-order valence-electron chi connectivity index (χ0n) is 18.3. The maximum Gasteiger partial charge on any atom is 0.238 e. The maximum absolute atomic E-state index is 12.9. The minimum absolute atomic E-state index is 0.102. The lowest BCUT2D eigenvalue weighted by atomic mass is 10.1. The number of nitrogens with one attached hydrogen (secondary N) is 1. The lowest BCUT2D eigenvalue weighted by molar-refractivity contribution is -0.115. The Morgan fingerprint density at radius 2 is 1.84 bits per heavy atom. The number of rotatable bonds is 6. The van der Waals surface area contributed by atoms with Crippen molar-refractivity contribution in [2.75, 3.05) is 5.32 Å². The van der Waals surface area contributed by atoms with E-state index in [1.54, 1.807) is 10.9 Å². The number of nitrogens with zero attached hydrogens (tertiary/aromatic N) is 5. The van der Waals surface area contributed by atoms with Crippen molar-refractivity contribution >= 4 is 29.0 Å². The molecule has 0 aliphatic rings. The number of benzene rings is 1. The Hall–Kier alpha value is -3.13. The second-order valence-electron chi connectivity index (χ2n) is 7.84. The number of hydrogen-bond donors (Lipinski definition) is 1. The summed E-state index contributed by atoms with van der Waals surface area (Å²) in [4.78, 5) is 17.8. The number of aromatic nitrogens is 5. The van der Waals surface area contributed by atoms with Gasteiger partial charge in [0, 0.05) is 17.7 Å². The standard InChI is InChI=1S/C23H26N6OS/c1-14(2)28-19(11-12-24-28)25-22(30)17(5)31-23-26-20(18-9-7-6-8-10-18)21-15(3)13-16(4)27-29(21)23/h6-14,17H,1-5H3,(H,25,30)/t17-/m0/s1. The van der Waals surface area contributed by atoms with Crippen LogP contribution in [0.2, 0.25) is 0 Å². The third-order valence-corrected chi connectivity index (χ3v) is 6.03. The van der Waals surface area contributed by atoms with Crippen LogP contribution in [-0.2, 0) is 4.79 Å². The summed E-state index contributed by atoms with van der Waals surface area (Å²) >= 11 is 1.40. The van der Waals surface area contributed by atoms with Gasteiger partial charge in [0.2, 0.25) is 5.91 Å². The SMILES string of the molecule is Cc1cc(C)c2c(-c3ccccc3)nc(S[C@@H](C)C(=O)Nc3ccnn3C(C)C)n2n1. The van der Waals surface area contributed by atoms with E-state index >= 15 is 0 Å². The summed E-state index contributed by atoms with van der Waals surface area (Å²) in [5.41, 5.74) is 4.87. The zero-order valence-corrected chi connectivity index (χ0v) is 19.1. The molecule has 1 amide bonds. The lowest BCUT2D eigenvalue weighted by Gasteiger charge is -2.14. The van der Waals surface area contributed by atoms with Crippen LogP contribution in [0.15, 0.2) is 53.8 Å². The maximum atomic E-state index is 12.9. The highest BCUT2D eigenvalue weighted by molar-refractivity contribution is 8.00. The molecule has 0 bridgehead atoms. The molecule has 0 aliphatic heterocycles. The molecule has 8 heteroatoms. The second-order valence-corrected chi connectivity index (χ2v) is 9.15. The van der Waals surface area contributed by atoms with Gasteiger partial charge in [0.05, 0.1) is 28.4 Å². The Morgan fingerprint density at radius 1 is 1.10 bits per heavy atom. The van der Waals surface area contributed by atoms with Crippen molar-refractivity contribution in [2.24, 2.45) is 0 Å². The van der Waals surface area contributed by atoms with Gasteiger partial charge in [0.1, 0.15) is 5.82 Å². The summed E-state index contributed by atoms with van der Waals surface area (Å²) < 4.78 is 3.65. The van der Waals surface area contributed by atoms with E-state index in [4.69, 9.17) is 10.1 Å². The van der Waals surface area contributed by atoms with Gasteiger partial charge in [-0.15, -0.1) is 0 Å². The second kappa shape index (κ2) is 8.55. The number of carbonyl (C=O) groups excluding carboxylic acids is 1. The van der Waals surface area contributed by atoms with Crippen LogP contribution in [0.5, 0.6) is 0 Å². The van der Waals surface area contributed by atoms with Crippen molar-refractivity contribution in [1.29, 1.82) is 0 Å². The summed E-state index contributed by atoms with van der Waals surface area (Å²) in [6.07, 6.45) is 1.69. The Balaban J connectivity index is 1.66. The first-order valence-corrected chi connectivity index (χ1v) is 11.2. The van der Waals surface area contributed by atoms with E-state index in [1.807, 2.05) is 68.6 Å². The fourth-order valence-corrected chi connectivity index (χ4v) is 4.40. The first kappa shape index (κ1) is 21.1. The van der Waals surface area contributed by atoms with Gasteiger partial charge in [-0.1, -0.05) is 42.1 Å². The highest BCUT2D eigenvalue weighted by Crippen LogP contribution is 2.32. The van der Waals surface area contributed by atoms with Crippen LogP contribution in [0.4, 0.5) is 5.82 Å². The van der Waals surface area contributed by atoms with Gasteiger partial charge in [-0.2, -0.15) is 10.2 Å². The Bertz CT molecular complexity index is 1230. The molecule has 7 nitrogen and oxygen atoms in total. The molecule has 4 aromatic rings. The first-order chi connectivity index (χ1) is 14.8. The van der Waals surface area contributed by atoms with Gasteiger partial charge in [-0.3, -0.25) is 4.79 Å². The lowest BCUT2D eigenvalue weighted by Crippen LogP contribution is -2.24. The van der Waals surface area contributed by atoms with Crippen molar-refractivity contribution in [1.82, 2.24) is 24.4 Å². The quantitative estimate of drug-likeness (QED) is 0.436. The van der Waals surface area contributed by atoms with E-state index in [-0.39, 0.29) is 17.2 Å². The van der Waals surface area contributed by atoms with Gasteiger partial charge < -0.3 is 5.32 Å². The average Bonchev–Trinajstić information content (AvgIpc) is 3.34. The highest BCUT2D eigenvalue weighted by Gasteiger charge is 2.23. The third kappa shape index (κ3) is 4.20. The molecule has 1 aromatic carbocycles. The average molecular weight is 435 g/mol. The number of amides is 1. The molecule has 0 saturated heterocycles. The van der Waals surface area contributed by atoms with Crippen LogP contribution in [0.25, 0.3) is 16.8 Å². The van der Waals surface area contributed by atoms with Gasteiger partial charge in [-0.05, 0) is 46.2 Å². The molecular formula is C23H26N6OS. The Morgan fingerprint density at radius 3 is 2.55 bits per heavy atom. The van der Waals surface area contributed by atoms with Crippen LogP contribution in [0.1, 0.15) is 38.1 Å². The summed E-state index contributed by atoms with van der Waals surface area (Å²) in [6, 6.07) is 14.1. The van der Waals surface area contributed by atoms with Crippen molar-refractivity contribution < 1.29 is 4.79 Å². The molecule has 0 saturated carbocycles. The monoisotopic (exact) mass is 434 g/mol. The summed E-state index contributed by atoms with van der Waals surface area (Å²) in [5.74, 6) is 0.588. The molecule has 3 heterocycles. The minimum Gasteiger partial charge on any atom is -0.310 e. The van der Waals surface area contributed by atoms with Crippen molar-refractivity contribution in [3.8, 4) is 11.3 Å². The van der Waals surface area contributed by atoms with Crippen LogP contribution < -0.4 is 5.32 Å². The molecule has 0 unspecified atom stereocenters. The number of imidazole rings is 1. The number of hydrogen-bond acceptors (Lipinski definition) is 5. The predicted molar refractivity (Wildman–Crippen MR) is 124 cm³/mol. The largest absolute Gasteiger partial charge is 0.310 e. The zero-order chi connectivity index (χ0) is 22.1. The predicted octanol–water partition coefficient (Wildman–Crippen LogP) is 4.91. The molecule has 4 rings (SSSR count). The van der Waals surface area contributed by atoms with Crippen LogP contribution in [0, 0.1) is 13.8 Å². The Labute approximate surface area is 185 Å². The number of thioether (sulfide) groups is 1. The number of anilines is 1. The number of carbonyl (C=O) groups is 1. The molecule has 0 spiro atoms. The summed E-state index contributed by atoms with van der Waals surface area (Å²) in [5, 5.41) is 12.3. The smallest absolute Gasteiger partial charge is 0.238 e. The van der Waals surface area contributed by atoms with Crippen molar-refractivity contribution in [2.45, 2.75) is 51.1 Å². The van der Waals surface area contributed by atoms with E-state index in [9.17, 15) is 4.79 Å². The van der Waals surface area contributed by atoms with Crippen molar-refractivity contribution in [3.63, 3.8) is 0 Å². The molecule has 1 atom stereocenters. The summed E-state index contributed by atoms with van der Waals surface area (Å²) in [7, 11) is 0. The van der Waals surface area contributed by atoms with E-state index in [1.165, 1.54) is 11.8 Å². The van der Waals surface area contributed by atoms with E-state index in [0.29, 0.717) is 11.0 Å². The molecule has 31 heavy (non-hydrogen) atoms. The number of fused-ring (bicyclic) bond motifs is 1. The van der Waals surface area contributed by atoms with Gasteiger partial charge >= 0.3 is 0 Å². The molecular weight excluding hydrogens is 408 g/mol. The minimum atomic E-state index is -0.368. The van der Waals surface area contributed by atoms with Crippen molar-refractivity contribution in [3.05, 3.63) is 59.9 Å². The molecule has 3 aromatic heterocycles. The van der Waals surface area contributed by atoms with Crippen LogP contribution in [-0.4, -0.2) is 35.5 Å². The fraction of sp³-hybridized carbons (Fsp3) is 0.304. The molecule has 0 radical (unpaired) electrons. The number of aryl methyl sites for hydroxylation is 2. The molecule has 160 valence electrons. The van der Waals surface area contributed by atoms with Gasteiger partial charge in [-0.25, -0.2) is 14.2 Å². The summed E-state index contributed by atoms with van der Waals surface area (Å²) in [6.45, 7) is 9.96. The molecule has 0 fully saturated rings. The van der Waals surface area contributed by atoms with E-state index < -0.39 is 0 Å². The van der Waals surface area contributed by atoms with Gasteiger partial charge in [0.15, 0.2) is 5.16 Å². The van der Waals surface area contributed by atoms with Crippen LogP contribution in [0.3, 0.4) is 0 Å². The first-order valence-electron chi connectivity index (χ1n) is 10.3. The topological polar surface area (TPSA) is 77.1 Å². The van der Waals surface area contributed by atoms with E-state index in [2.05, 4.69) is 23.4 Å². The molecule has 1 N–H and O–H groups in total. The van der Waals surface area contributed by atoms with Gasteiger partial charge in [0.25, 0.3) is 0 Å². The normalized spacial score (nSPS) is 12.5. The van der Waals surface area contributed by atoms with Crippen LogP contribution >= 0.6 is 11.8 Å². The van der Waals surface area contributed by atoms with E-state index in [0.717, 1.165) is 28.0 Å². The Kier molecular flexibility index (Phi) is 5.82. The third-order valence-electron chi connectivity index (χ3n) is 4.99.